The van der Waals surface area contributed by atoms with Crippen LogP contribution in [-0.4, -0.2) is 36.6 Å². The quantitative estimate of drug-likeness (QED) is 0.263. The van der Waals surface area contributed by atoms with E-state index >= 15 is 0 Å². The van der Waals surface area contributed by atoms with Gasteiger partial charge in [0.1, 0.15) is 17.2 Å². The summed E-state index contributed by atoms with van der Waals surface area (Å²) < 4.78 is 15.9. The lowest BCUT2D eigenvalue weighted by Gasteiger charge is -2.33. The van der Waals surface area contributed by atoms with Crippen molar-refractivity contribution >= 4 is 23.0 Å². The molecule has 2 heterocycles. The first-order chi connectivity index (χ1) is 19.0. The van der Waals surface area contributed by atoms with Crippen LogP contribution >= 0.6 is 0 Å². The lowest BCUT2D eigenvalue weighted by atomic mass is 9.75. The molecule has 3 atom stereocenters. The topological polar surface area (TPSA) is 92.9 Å². The Morgan fingerprint density at radius 2 is 1.69 bits per heavy atom. The second kappa shape index (κ2) is 10.8. The van der Waals surface area contributed by atoms with Gasteiger partial charge in [-0.2, -0.15) is 0 Å². The molecule has 0 amide bonds. The van der Waals surface area contributed by atoms with E-state index in [2.05, 4.69) is 51.0 Å². The van der Waals surface area contributed by atoms with E-state index in [-0.39, 0.29) is 23.6 Å². The SMILES string of the molecule is C[C@@H](Nc1nc(C(=O)O)nc2nc(C3CCCCC3c3ccccc3)n(Cc3ccc(F)cc3)c12)C1CCC1. The minimum Gasteiger partial charge on any atom is -0.475 e. The molecule has 0 spiro atoms. The highest BCUT2D eigenvalue weighted by atomic mass is 19.1. The molecule has 0 radical (unpaired) electrons. The fourth-order valence-electron chi connectivity index (χ4n) is 6.28. The highest BCUT2D eigenvalue weighted by molar-refractivity contribution is 5.91. The van der Waals surface area contributed by atoms with E-state index in [4.69, 9.17) is 4.98 Å². The molecule has 4 aromatic rings. The van der Waals surface area contributed by atoms with Crippen LogP contribution in [0.1, 0.15) is 91.3 Å². The van der Waals surface area contributed by atoms with Crippen molar-refractivity contribution in [2.75, 3.05) is 5.32 Å². The summed E-state index contributed by atoms with van der Waals surface area (Å²) in [5.74, 6) is 0.637. The van der Waals surface area contributed by atoms with E-state index in [1.165, 1.54) is 24.1 Å². The van der Waals surface area contributed by atoms with Crippen molar-refractivity contribution in [3.63, 3.8) is 0 Å². The first-order valence-electron chi connectivity index (χ1n) is 14.1. The molecule has 202 valence electrons. The van der Waals surface area contributed by atoms with Gasteiger partial charge in [0.05, 0.1) is 0 Å². The number of anilines is 1. The Bertz CT molecular complexity index is 1470. The Hall–Kier alpha value is -3.81. The van der Waals surface area contributed by atoms with Crippen LogP contribution in [0.4, 0.5) is 10.2 Å². The number of hydrogen-bond acceptors (Lipinski definition) is 5. The molecule has 0 aliphatic heterocycles. The summed E-state index contributed by atoms with van der Waals surface area (Å²) in [7, 11) is 0. The largest absolute Gasteiger partial charge is 0.475 e. The first kappa shape index (κ1) is 25.5. The molecule has 8 heteroatoms. The zero-order valence-electron chi connectivity index (χ0n) is 22.2. The minimum atomic E-state index is -1.18. The van der Waals surface area contributed by atoms with E-state index in [9.17, 15) is 14.3 Å². The maximum atomic E-state index is 13.8. The zero-order chi connectivity index (χ0) is 26.9. The van der Waals surface area contributed by atoms with Crippen molar-refractivity contribution in [3.8, 4) is 0 Å². The maximum absolute atomic E-state index is 13.8. The average molecular weight is 528 g/mol. The van der Waals surface area contributed by atoms with Crippen molar-refractivity contribution in [2.24, 2.45) is 5.92 Å². The molecule has 2 fully saturated rings. The number of carbonyl (C=O) groups is 1. The molecule has 2 aliphatic rings. The van der Waals surface area contributed by atoms with E-state index in [1.807, 2.05) is 6.07 Å². The molecule has 0 saturated heterocycles. The van der Waals surface area contributed by atoms with E-state index < -0.39 is 5.97 Å². The standard InChI is InChI=1S/C31H34FN5O2/c1-19(21-10-7-11-21)33-27-26-28(35-29(34-27)31(38)39)36-30(37(26)18-20-14-16-23(32)17-15-20)25-13-6-5-12-24(25)22-8-3-2-4-9-22/h2-4,8-9,14-17,19,21,24-25H,5-7,10-13,18H2,1H3,(H,38,39)(H,33,34,35)/t19-,24?,25?/m1/s1. The van der Waals surface area contributed by atoms with Gasteiger partial charge >= 0.3 is 5.97 Å². The van der Waals surface area contributed by atoms with Gasteiger partial charge in [-0.3, -0.25) is 0 Å². The van der Waals surface area contributed by atoms with Crippen molar-refractivity contribution in [1.29, 1.82) is 0 Å². The molecular weight excluding hydrogens is 493 g/mol. The Kier molecular flexibility index (Phi) is 7.02. The van der Waals surface area contributed by atoms with Gasteiger partial charge in [-0.25, -0.2) is 24.1 Å². The van der Waals surface area contributed by atoms with Crippen LogP contribution in [0.3, 0.4) is 0 Å². The van der Waals surface area contributed by atoms with Gasteiger partial charge in [0.15, 0.2) is 11.5 Å². The zero-order valence-corrected chi connectivity index (χ0v) is 22.2. The van der Waals surface area contributed by atoms with Crippen LogP contribution in [0.2, 0.25) is 0 Å². The number of halogens is 1. The van der Waals surface area contributed by atoms with Crippen LogP contribution in [-0.2, 0) is 6.54 Å². The molecule has 2 saturated carbocycles. The molecule has 39 heavy (non-hydrogen) atoms. The second-order valence-electron chi connectivity index (χ2n) is 11.1. The van der Waals surface area contributed by atoms with Gasteiger partial charge < -0.3 is 15.0 Å². The van der Waals surface area contributed by atoms with Crippen molar-refractivity contribution in [2.45, 2.75) is 76.3 Å². The number of nitrogens with zero attached hydrogens (tertiary/aromatic N) is 4. The maximum Gasteiger partial charge on any atom is 0.374 e. The normalized spacial score (nSPS) is 20.5. The molecule has 2 N–H and O–H groups in total. The Balaban J connectivity index is 1.52. The molecule has 2 aromatic carbocycles. The van der Waals surface area contributed by atoms with Crippen LogP contribution in [0.25, 0.3) is 11.2 Å². The molecule has 7 nitrogen and oxygen atoms in total. The Morgan fingerprint density at radius 3 is 2.36 bits per heavy atom. The van der Waals surface area contributed by atoms with Crippen molar-refractivity contribution in [3.05, 3.63) is 83.2 Å². The Labute approximate surface area is 227 Å². The molecule has 2 unspecified atom stereocenters. The van der Waals surface area contributed by atoms with Crippen molar-refractivity contribution in [1.82, 2.24) is 19.5 Å². The number of aromatic carboxylic acids is 1. The minimum absolute atomic E-state index is 0.140. The van der Waals surface area contributed by atoms with Gasteiger partial charge in [0, 0.05) is 18.5 Å². The highest BCUT2D eigenvalue weighted by Crippen LogP contribution is 2.45. The summed E-state index contributed by atoms with van der Waals surface area (Å²) in [6, 6.07) is 17.2. The monoisotopic (exact) mass is 527 g/mol. The van der Waals surface area contributed by atoms with Crippen LogP contribution < -0.4 is 5.32 Å². The number of nitrogens with one attached hydrogen (secondary N) is 1. The fourth-order valence-corrected chi connectivity index (χ4v) is 6.28. The lowest BCUT2D eigenvalue weighted by molar-refractivity contribution is 0.0684. The van der Waals surface area contributed by atoms with Crippen LogP contribution in [0, 0.1) is 11.7 Å². The summed E-state index contributed by atoms with van der Waals surface area (Å²) in [4.78, 5) is 26.0. The van der Waals surface area contributed by atoms with Gasteiger partial charge in [0.2, 0.25) is 5.82 Å². The number of carboxylic acid groups (broad SMARTS) is 1. The third-order valence-corrected chi connectivity index (χ3v) is 8.62. The fraction of sp³-hybridized carbons (Fsp3) is 0.419. The summed E-state index contributed by atoms with van der Waals surface area (Å²) in [6.07, 6.45) is 7.80. The highest BCUT2D eigenvalue weighted by Gasteiger charge is 2.34. The summed E-state index contributed by atoms with van der Waals surface area (Å²) >= 11 is 0. The number of carboxylic acids is 1. The number of imidazole rings is 1. The van der Waals surface area contributed by atoms with Gasteiger partial charge in [-0.15, -0.1) is 0 Å². The lowest BCUT2D eigenvalue weighted by Crippen LogP contribution is -2.31. The number of aromatic nitrogens is 4. The predicted molar refractivity (Wildman–Crippen MR) is 149 cm³/mol. The van der Waals surface area contributed by atoms with Gasteiger partial charge in [-0.05, 0) is 67.7 Å². The number of rotatable bonds is 8. The van der Waals surface area contributed by atoms with E-state index in [1.54, 1.807) is 12.1 Å². The van der Waals surface area contributed by atoms with Crippen LogP contribution in [0.5, 0.6) is 0 Å². The predicted octanol–water partition coefficient (Wildman–Crippen LogP) is 6.75. The summed E-state index contributed by atoms with van der Waals surface area (Å²) in [5.41, 5.74) is 3.32. The van der Waals surface area contributed by atoms with E-state index in [0.717, 1.165) is 49.9 Å². The van der Waals surface area contributed by atoms with Crippen LogP contribution in [0.15, 0.2) is 54.6 Å². The average Bonchev–Trinajstić information content (AvgIpc) is 3.27. The van der Waals surface area contributed by atoms with Gasteiger partial charge in [0.25, 0.3) is 0 Å². The summed E-state index contributed by atoms with van der Waals surface area (Å²) in [6.45, 7) is 2.60. The third kappa shape index (κ3) is 5.12. The number of hydrogen-bond donors (Lipinski definition) is 2. The second-order valence-corrected chi connectivity index (χ2v) is 11.1. The number of benzene rings is 2. The smallest absolute Gasteiger partial charge is 0.374 e. The third-order valence-electron chi connectivity index (χ3n) is 8.62. The molecule has 2 aliphatic carbocycles. The number of fused-ring (bicyclic) bond motifs is 1. The van der Waals surface area contributed by atoms with E-state index in [0.29, 0.717) is 35.4 Å². The van der Waals surface area contributed by atoms with Gasteiger partial charge in [-0.1, -0.05) is 61.7 Å². The first-order valence-corrected chi connectivity index (χ1v) is 14.1. The Morgan fingerprint density at radius 1 is 0.974 bits per heavy atom. The summed E-state index contributed by atoms with van der Waals surface area (Å²) in [5, 5.41) is 13.4. The molecule has 6 rings (SSSR count). The van der Waals surface area contributed by atoms with Crippen molar-refractivity contribution < 1.29 is 14.3 Å². The molecule has 0 bridgehead atoms. The molecular formula is C31H34FN5O2. The molecule has 2 aromatic heterocycles.